The molecule has 0 saturated carbocycles. The molecule has 6 heteroatoms. The Morgan fingerprint density at radius 2 is 2.12 bits per heavy atom. The van der Waals surface area contributed by atoms with Crippen molar-refractivity contribution in [2.45, 2.75) is 0 Å². The van der Waals surface area contributed by atoms with Crippen molar-refractivity contribution < 1.29 is 9.90 Å². The number of halogens is 3. The van der Waals surface area contributed by atoms with Gasteiger partial charge in [0.05, 0.1) is 5.69 Å². The molecule has 0 bridgehead atoms. The molecule has 2 aromatic rings. The third kappa shape index (κ3) is 2.66. The van der Waals surface area contributed by atoms with E-state index in [-0.39, 0.29) is 5.69 Å². The first-order valence-electron chi connectivity index (χ1n) is 4.55. The Morgan fingerprint density at radius 3 is 2.71 bits per heavy atom. The van der Waals surface area contributed by atoms with Crippen molar-refractivity contribution in [1.29, 1.82) is 0 Å². The lowest BCUT2D eigenvalue weighted by atomic mass is 10.3. The van der Waals surface area contributed by atoms with E-state index in [0.717, 1.165) is 13.7 Å². The zero-order valence-corrected chi connectivity index (χ0v) is 12.8. The van der Waals surface area contributed by atoms with Gasteiger partial charge in [-0.2, -0.15) is 0 Å². The van der Waals surface area contributed by atoms with E-state index in [0.29, 0.717) is 5.02 Å². The Kier molecular flexibility index (Phi) is 3.79. The molecule has 1 N–H and O–H groups in total. The number of aromatic carboxylic acids is 1. The molecule has 0 aliphatic heterocycles. The summed E-state index contributed by atoms with van der Waals surface area (Å²) in [6.45, 7) is 0. The molecule has 0 amide bonds. The van der Waals surface area contributed by atoms with Crippen LogP contribution in [-0.4, -0.2) is 15.6 Å². The van der Waals surface area contributed by atoms with Crippen molar-refractivity contribution in [1.82, 2.24) is 4.57 Å². The van der Waals surface area contributed by atoms with Crippen molar-refractivity contribution in [3.63, 3.8) is 0 Å². The van der Waals surface area contributed by atoms with Crippen LogP contribution in [0.2, 0.25) is 5.02 Å². The predicted octanol–water partition coefficient (Wildman–Crippen LogP) is 4.20. The molecule has 3 nitrogen and oxygen atoms in total. The summed E-state index contributed by atoms with van der Waals surface area (Å²) in [5.74, 6) is -0.971. The van der Waals surface area contributed by atoms with Crippen LogP contribution in [-0.2, 0) is 0 Å². The van der Waals surface area contributed by atoms with Crippen LogP contribution in [0.15, 0.2) is 34.9 Å². The lowest BCUT2D eigenvalue weighted by Crippen LogP contribution is -2.06. The van der Waals surface area contributed by atoms with Gasteiger partial charge in [0.1, 0.15) is 5.69 Å². The van der Waals surface area contributed by atoms with Gasteiger partial charge in [0, 0.05) is 19.3 Å². The Hall–Kier alpha value is -0.530. The number of nitrogens with zero attached hydrogens (tertiary/aromatic N) is 1. The minimum absolute atomic E-state index is 0.206. The van der Waals surface area contributed by atoms with Gasteiger partial charge in [0.25, 0.3) is 0 Å². The van der Waals surface area contributed by atoms with Crippen LogP contribution in [0, 0.1) is 3.57 Å². The number of benzene rings is 1. The Balaban J connectivity index is 2.63. The molecule has 0 saturated heterocycles. The van der Waals surface area contributed by atoms with Crippen molar-refractivity contribution in [2.75, 3.05) is 0 Å². The molecule has 1 aromatic heterocycles. The molecule has 0 fully saturated rings. The van der Waals surface area contributed by atoms with E-state index in [4.69, 9.17) is 16.7 Å². The van der Waals surface area contributed by atoms with Gasteiger partial charge in [0.2, 0.25) is 0 Å². The lowest BCUT2D eigenvalue weighted by molar-refractivity contribution is 0.0688. The Morgan fingerprint density at radius 1 is 1.41 bits per heavy atom. The largest absolute Gasteiger partial charge is 0.477 e. The van der Waals surface area contributed by atoms with Crippen molar-refractivity contribution in [3.05, 3.63) is 49.2 Å². The van der Waals surface area contributed by atoms with E-state index in [1.54, 1.807) is 35.0 Å². The summed E-state index contributed by atoms with van der Waals surface area (Å²) >= 11 is 11.3. The zero-order valence-electron chi connectivity index (χ0n) is 8.32. The summed E-state index contributed by atoms with van der Waals surface area (Å²) in [5, 5.41) is 9.74. The SMILES string of the molecule is O=C(O)c1cc(Br)cn1-c1ccc(Cl)cc1I. The van der Waals surface area contributed by atoms with Crippen LogP contribution in [0.25, 0.3) is 5.69 Å². The summed E-state index contributed by atoms with van der Waals surface area (Å²) in [6.07, 6.45) is 1.72. The predicted molar refractivity (Wildman–Crippen MR) is 78.2 cm³/mol. The number of carbonyl (C=O) groups is 1. The molecule has 2 rings (SSSR count). The molecule has 0 unspecified atom stereocenters. The van der Waals surface area contributed by atoms with Gasteiger partial charge in [0.15, 0.2) is 0 Å². The van der Waals surface area contributed by atoms with E-state index in [2.05, 4.69) is 38.5 Å². The minimum Gasteiger partial charge on any atom is -0.477 e. The van der Waals surface area contributed by atoms with Crippen LogP contribution < -0.4 is 0 Å². The van der Waals surface area contributed by atoms with Gasteiger partial charge in [-0.05, 0) is 62.8 Å². The average Bonchev–Trinajstić information content (AvgIpc) is 2.60. The van der Waals surface area contributed by atoms with Crippen LogP contribution in [0.5, 0.6) is 0 Å². The first-order chi connectivity index (χ1) is 7.99. The van der Waals surface area contributed by atoms with Gasteiger partial charge in [-0.3, -0.25) is 0 Å². The van der Waals surface area contributed by atoms with E-state index in [9.17, 15) is 4.79 Å². The maximum atomic E-state index is 11.1. The van der Waals surface area contributed by atoms with Gasteiger partial charge in [-0.1, -0.05) is 11.6 Å². The fraction of sp³-hybridized carbons (Fsp3) is 0. The molecule has 0 aliphatic rings. The number of rotatable bonds is 2. The quantitative estimate of drug-likeness (QED) is 0.732. The van der Waals surface area contributed by atoms with E-state index >= 15 is 0 Å². The van der Waals surface area contributed by atoms with E-state index < -0.39 is 5.97 Å². The van der Waals surface area contributed by atoms with Crippen LogP contribution >= 0.6 is 50.1 Å². The summed E-state index contributed by atoms with van der Waals surface area (Å²) < 4.78 is 3.23. The number of aromatic nitrogens is 1. The first kappa shape index (κ1) is 12.9. The second kappa shape index (κ2) is 4.99. The maximum absolute atomic E-state index is 11.1. The van der Waals surface area contributed by atoms with E-state index in [1.807, 2.05) is 0 Å². The van der Waals surface area contributed by atoms with Crippen molar-refractivity contribution >= 4 is 56.1 Å². The summed E-state index contributed by atoms with van der Waals surface area (Å²) in [4.78, 5) is 11.1. The molecule has 0 aliphatic carbocycles. The summed E-state index contributed by atoms with van der Waals surface area (Å²) in [7, 11) is 0. The highest BCUT2D eigenvalue weighted by atomic mass is 127. The number of hydrogen-bond acceptors (Lipinski definition) is 1. The lowest BCUT2D eigenvalue weighted by Gasteiger charge is -2.08. The van der Waals surface area contributed by atoms with Crippen LogP contribution in [0.3, 0.4) is 0 Å². The van der Waals surface area contributed by atoms with Gasteiger partial charge in [-0.25, -0.2) is 4.79 Å². The average molecular weight is 426 g/mol. The fourth-order valence-corrected chi connectivity index (χ4v) is 3.02. The summed E-state index contributed by atoms with van der Waals surface area (Å²) in [6, 6.07) is 6.88. The van der Waals surface area contributed by atoms with E-state index in [1.165, 1.54) is 0 Å². The number of carboxylic acid groups (broad SMARTS) is 1. The fourth-order valence-electron chi connectivity index (χ4n) is 1.47. The molecule has 0 spiro atoms. The molecule has 17 heavy (non-hydrogen) atoms. The number of carboxylic acids is 1. The van der Waals surface area contributed by atoms with Crippen molar-refractivity contribution in [2.24, 2.45) is 0 Å². The monoisotopic (exact) mass is 425 g/mol. The van der Waals surface area contributed by atoms with Gasteiger partial charge < -0.3 is 9.67 Å². The summed E-state index contributed by atoms with van der Waals surface area (Å²) in [5.41, 5.74) is 0.996. The normalized spacial score (nSPS) is 10.5. The second-order valence-corrected chi connectivity index (χ2v) is 5.83. The molecule has 0 radical (unpaired) electrons. The Labute approximate surface area is 125 Å². The first-order valence-corrected chi connectivity index (χ1v) is 6.80. The molecular weight excluding hydrogens is 420 g/mol. The minimum atomic E-state index is -0.971. The van der Waals surface area contributed by atoms with Crippen LogP contribution in [0.4, 0.5) is 0 Å². The highest BCUT2D eigenvalue weighted by molar-refractivity contribution is 14.1. The molecule has 1 aromatic carbocycles. The van der Waals surface area contributed by atoms with Gasteiger partial charge >= 0.3 is 5.97 Å². The second-order valence-electron chi connectivity index (χ2n) is 3.31. The zero-order chi connectivity index (χ0) is 12.6. The molecule has 1 heterocycles. The molecule has 0 atom stereocenters. The topological polar surface area (TPSA) is 42.2 Å². The Bertz CT molecular complexity index is 597. The van der Waals surface area contributed by atoms with Crippen molar-refractivity contribution in [3.8, 4) is 5.69 Å². The number of hydrogen-bond donors (Lipinski definition) is 1. The van der Waals surface area contributed by atoms with Crippen LogP contribution in [0.1, 0.15) is 10.5 Å². The third-order valence-corrected chi connectivity index (χ3v) is 3.71. The standard InChI is InChI=1S/C11H6BrClINO2/c12-6-3-10(11(16)17)15(5-6)9-2-1-7(13)4-8(9)14/h1-5H,(H,16,17). The highest BCUT2D eigenvalue weighted by Crippen LogP contribution is 2.25. The molecular formula is C11H6BrClINO2. The molecule has 88 valence electrons. The third-order valence-electron chi connectivity index (χ3n) is 2.17. The highest BCUT2D eigenvalue weighted by Gasteiger charge is 2.14. The van der Waals surface area contributed by atoms with Gasteiger partial charge in [-0.15, -0.1) is 0 Å². The maximum Gasteiger partial charge on any atom is 0.352 e. The smallest absolute Gasteiger partial charge is 0.352 e.